The van der Waals surface area contributed by atoms with E-state index in [1.54, 1.807) is 0 Å². The van der Waals surface area contributed by atoms with E-state index in [0.29, 0.717) is 0 Å². The van der Waals surface area contributed by atoms with Gasteiger partial charge in [0.05, 0.1) is 11.4 Å². The van der Waals surface area contributed by atoms with Crippen LogP contribution in [-0.4, -0.2) is 0 Å². The first-order chi connectivity index (χ1) is 12.1. The maximum Gasteiger partial charge on any atom is 0.0559 e. The monoisotopic (exact) mass is 378 g/mol. The Labute approximate surface area is 162 Å². The lowest BCUT2D eigenvalue weighted by molar-refractivity contribution is 1.04. The normalized spacial score (nSPS) is 10.8. The van der Waals surface area contributed by atoms with Gasteiger partial charge < -0.3 is 0 Å². The van der Waals surface area contributed by atoms with Crippen LogP contribution < -0.4 is 9.67 Å². The van der Waals surface area contributed by atoms with Crippen LogP contribution in [0.2, 0.25) is 0 Å². The fourth-order valence-corrected chi connectivity index (χ4v) is 3.86. The van der Waals surface area contributed by atoms with Crippen molar-refractivity contribution in [2.75, 3.05) is 9.67 Å². The number of halogens is 2. The molecular weight excluding hydrogens is 351 g/mol. The second kappa shape index (κ2) is 9.35. The summed E-state index contributed by atoms with van der Waals surface area (Å²) in [5.74, 6) is 0. The Bertz CT molecular complexity index is 665. The van der Waals surface area contributed by atoms with Crippen molar-refractivity contribution in [2.24, 2.45) is 0 Å². The predicted molar refractivity (Wildman–Crippen MR) is 112 cm³/mol. The van der Waals surface area contributed by atoms with Crippen molar-refractivity contribution in [3.63, 3.8) is 0 Å². The third kappa shape index (κ3) is 4.43. The van der Waals surface area contributed by atoms with E-state index in [1.807, 2.05) is 0 Å². The van der Waals surface area contributed by atoms with Gasteiger partial charge in [0.25, 0.3) is 0 Å². The summed E-state index contributed by atoms with van der Waals surface area (Å²) in [6, 6.07) is 9.00. The molecule has 2 N–H and O–H groups in total. The topological polar surface area (TPSA) is 24.1 Å². The summed E-state index contributed by atoms with van der Waals surface area (Å²) in [4.78, 5) is 5.80. The Kier molecular flexibility index (Phi) is 7.46. The number of hydrogen-bond acceptors (Lipinski definition) is 2. The molecule has 0 spiro atoms. The Morgan fingerprint density at radius 2 is 0.960 bits per heavy atom. The molecule has 0 unspecified atom stereocenters. The molecule has 0 aromatic heterocycles. The fraction of sp³-hybridized carbons (Fsp3) is 0.429. The van der Waals surface area contributed by atoms with E-state index in [0.717, 1.165) is 43.5 Å². The van der Waals surface area contributed by atoms with Crippen LogP contribution in [0.25, 0.3) is 0 Å². The van der Waals surface area contributed by atoms with Gasteiger partial charge in [0.1, 0.15) is 0 Å². The van der Waals surface area contributed by atoms with Crippen LogP contribution in [0.5, 0.6) is 0 Å². The predicted octanol–water partition coefficient (Wildman–Crippen LogP) is 6.66. The molecule has 2 aromatic carbocycles. The summed E-state index contributed by atoms with van der Waals surface area (Å²) in [5, 5.41) is 0. The van der Waals surface area contributed by atoms with Gasteiger partial charge in [-0.05, 0) is 59.1 Å². The summed E-state index contributed by atoms with van der Waals surface area (Å²) in [7, 11) is 0. The van der Waals surface area contributed by atoms with Crippen LogP contribution in [0.4, 0.5) is 11.4 Å². The first-order valence-corrected chi connectivity index (χ1v) is 9.89. The van der Waals surface area contributed by atoms with Crippen molar-refractivity contribution in [2.45, 2.75) is 59.8 Å². The van der Waals surface area contributed by atoms with Gasteiger partial charge in [-0.2, -0.15) is 0 Å². The highest BCUT2D eigenvalue weighted by Gasteiger charge is 2.14. The van der Waals surface area contributed by atoms with Gasteiger partial charge >= 0.3 is 0 Å². The summed E-state index contributed by atoms with van der Waals surface area (Å²) >= 11 is 12.2. The molecule has 0 heterocycles. The van der Waals surface area contributed by atoms with Gasteiger partial charge in [0, 0.05) is 30.0 Å². The minimum atomic E-state index is 0.797. The van der Waals surface area contributed by atoms with Crippen LogP contribution >= 0.6 is 23.6 Å². The molecule has 4 heteroatoms. The van der Waals surface area contributed by atoms with E-state index in [4.69, 9.17) is 23.6 Å². The quantitative estimate of drug-likeness (QED) is 0.501. The molecule has 0 saturated heterocycles. The summed E-state index contributed by atoms with van der Waals surface area (Å²) in [6.45, 7) is 8.69. The van der Waals surface area contributed by atoms with Gasteiger partial charge in [-0.15, -0.1) is 0 Å². The van der Waals surface area contributed by atoms with Crippen LogP contribution in [0.1, 0.15) is 61.1 Å². The highest BCUT2D eigenvalue weighted by atomic mass is 35.5. The molecule has 0 aliphatic rings. The lowest BCUT2D eigenvalue weighted by atomic mass is 9.92. The van der Waals surface area contributed by atoms with Crippen molar-refractivity contribution in [3.8, 4) is 0 Å². The zero-order valence-corrected chi connectivity index (χ0v) is 17.1. The number of rotatable bonds is 8. The first kappa shape index (κ1) is 19.9. The molecule has 2 rings (SSSR count). The minimum absolute atomic E-state index is 0.797. The molecular formula is C21H28Cl2N2. The van der Waals surface area contributed by atoms with Crippen molar-refractivity contribution in [3.05, 3.63) is 57.6 Å². The van der Waals surface area contributed by atoms with Crippen LogP contribution in [0.15, 0.2) is 24.3 Å². The average Bonchev–Trinajstić information content (AvgIpc) is 2.66. The van der Waals surface area contributed by atoms with Crippen molar-refractivity contribution in [1.29, 1.82) is 0 Å². The van der Waals surface area contributed by atoms with Gasteiger partial charge in [-0.25, -0.2) is 0 Å². The number of anilines is 2. The molecule has 0 radical (unpaired) electrons. The molecule has 0 amide bonds. The van der Waals surface area contributed by atoms with Crippen molar-refractivity contribution < 1.29 is 0 Å². The van der Waals surface area contributed by atoms with Gasteiger partial charge in [0.2, 0.25) is 0 Å². The van der Waals surface area contributed by atoms with Crippen LogP contribution in [0, 0.1) is 0 Å². The smallest absolute Gasteiger partial charge is 0.0559 e. The van der Waals surface area contributed by atoms with E-state index in [2.05, 4.69) is 61.6 Å². The average molecular weight is 379 g/mol. The Morgan fingerprint density at radius 1 is 0.600 bits per heavy atom. The molecule has 25 heavy (non-hydrogen) atoms. The lowest BCUT2D eigenvalue weighted by Gasteiger charge is -2.18. The van der Waals surface area contributed by atoms with E-state index in [9.17, 15) is 0 Å². The van der Waals surface area contributed by atoms with Crippen LogP contribution in [-0.2, 0) is 32.1 Å². The molecule has 2 aromatic rings. The van der Waals surface area contributed by atoms with E-state index in [-0.39, 0.29) is 0 Å². The maximum atomic E-state index is 6.08. The summed E-state index contributed by atoms with van der Waals surface area (Å²) in [6.07, 6.45) is 4.72. The SMILES string of the molecule is CCc1cc(CC)c(NCl)c(Cc2cc(CC)cc(CC)c2NCl)c1. The second-order valence-corrected chi connectivity index (χ2v) is 6.74. The molecule has 0 atom stereocenters. The number of nitrogens with one attached hydrogen (secondary N) is 2. The molecule has 0 saturated carbocycles. The molecule has 136 valence electrons. The molecule has 0 bridgehead atoms. The zero-order chi connectivity index (χ0) is 18.4. The maximum absolute atomic E-state index is 6.08. The third-order valence-corrected chi connectivity index (χ3v) is 5.25. The van der Waals surface area contributed by atoms with Crippen LogP contribution in [0.3, 0.4) is 0 Å². The molecule has 2 nitrogen and oxygen atoms in total. The van der Waals surface area contributed by atoms with Gasteiger partial charge in [0.15, 0.2) is 0 Å². The van der Waals surface area contributed by atoms with Crippen molar-refractivity contribution >= 4 is 34.9 Å². The first-order valence-electron chi connectivity index (χ1n) is 9.14. The minimum Gasteiger partial charge on any atom is -0.298 e. The third-order valence-electron chi connectivity index (χ3n) is 4.87. The Hall–Kier alpha value is -1.38. The second-order valence-electron chi connectivity index (χ2n) is 6.36. The molecule has 0 aliphatic heterocycles. The Morgan fingerprint density at radius 3 is 1.24 bits per heavy atom. The number of hydrogen-bond donors (Lipinski definition) is 2. The zero-order valence-electron chi connectivity index (χ0n) is 15.6. The van der Waals surface area contributed by atoms with Gasteiger partial charge in [-0.1, -0.05) is 52.0 Å². The van der Waals surface area contributed by atoms with Crippen molar-refractivity contribution in [1.82, 2.24) is 0 Å². The van der Waals surface area contributed by atoms with E-state index < -0.39 is 0 Å². The Balaban J connectivity index is 2.59. The largest absolute Gasteiger partial charge is 0.298 e. The fourth-order valence-electron chi connectivity index (χ4n) is 3.37. The lowest BCUT2D eigenvalue weighted by Crippen LogP contribution is -2.04. The highest BCUT2D eigenvalue weighted by molar-refractivity contribution is 6.25. The highest BCUT2D eigenvalue weighted by Crippen LogP contribution is 2.32. The number of aryl methyl sites for hydroxylation is 4. The summed E-state index contributed by atoms with van der Waals surface area (Å²) in [5.41, 5.74) is 9.68. The standard InChI is InChI=1S/C21H28Cl2N2/c1-5-14-9-16(7-3)20(24-22)18(11-14)13-19-12-15(6-2)10-17(8-4)21(19)25-23/h9-12,24-25H,5-8,13H2,1-4H3. The van der Waals surface area contributed by atoms with E-state index in [1.165, 1.54) is 33.4 Å². The molecule has 0 aliphatic carbocycles. The van der Waals surface area contributed by atoms with E-state index >= 15 is 0 Å². The molecule has 0 fully saturated rings. The van der Waals surface area contributed by atoms with Gasteiger partial charge in [-0.3, -0.25) is 9.67 Å². The number of benzene rings is 2. The summed E-state index contributed by atoms with van der Waals surface area (Å²) < 4.78 is 0.